The average molecular weight is 346 g/mol. The van der Waals surface area contributed by atoms with Crippen LogP contribution in [0.2, 0.25) is 0 Å². The van der Waals surface area contributed by atoms with Crippen LogP contribution in [-0.4, -0.2) is 12.5 Å². The van der Waals surface area contributed by atoms with Gasteiger partial charge in [0.15, 0.2) is 0 Å². The largest absolute Gasteiger partial charge is 0.397 e. The lowest BCUT2D eigenvalue weighted by Crippen LogP contribution is -2.10. The number of primary amides is 1. The molecule has 7 heteroatoms. The van der Waals surface area contributed by atoms with Crippen LogP contribution in [0, 0.1) is 0 Å². The summed E-state index contributed by atoms with van der Waals surface area (Å²) in [5.74, 6) is -0.479. The van der Waals surface area contributed by atoms with E-state index in [9.17, 15) is 4.79 Å². The monoisotopic (exact) mass is 345 g/mol. The second kappa shape index (κ2) is 5.73. The first kappa shape index (κ1) is 13.4. The van der Waals surface area contributed by atoms with Gasteiger partial charge in [0.2, 0.25) is 0 Å². The van der Waals surface area contributed by atoms with E-state index in [-0.39, 0.29) is 0 Å². The fourth-order valence-electron chi connectivity index (χ4n) is 1.48. The average Bonchev–Trinajstić information content (AvgIpc) is 2.85. The molecule has 0 aromatic carbocycles. The number of carbonyl (C=O) groups is 1. The second-order valence-electron chi connectivity index (χ2n) is 3.64. The van der Waals surface area contributed by atoms with Gasteiger partial charge in [0, 0.05) is 11.4 Å². The van der Waals surface area contributed by atoms with Gasteiger partial charge in [0.05, 0.1) is 14.5 Å². The minimum atomic E-state index is -0.479. The Morgan fingerprint density at radius 1 is 1.39 bits per heavy atom. The summed E-state index contributed by atoms with van der Waals surface area (Å²) in [6, 6.07) is 5.87. The van der Waals surface area contributed by atoms with Crippen LogP contribution in [0.25, 0.3) is 0 Å². The number of thiophene rings is 2. The van der Waals surface area contributed by atoms with Crippen LogP contribution in [0.15, 0.2) is 22.0 Å². The lowest BCUT2D eigenvalue weighted by Gasteiger charge is -2.00. The topological polar surface area (TPSA) is 81.1 Å². The molecule has 5 N–H and O–H groups in total. The van der Waals surface area contributed by atoms with E-state index in [4.69, 9.17) is 11.5 Å². The minimum absolute atomic E-state index is 0.413. The number of nitrogen functional groups attached to an aromatic ring is 1. The van der Waals surface area contributed by atoms with Crippen molar-refractivity contribution in [1.82, 2.24) is 0 Å². The predicted molar refractivity (Wildman–Crippen MR) is 81.5 cm³/mol. The van der Waals surface area contributed by atoms with E-state index in [2.05, 4.69) is 27.3 Å². The quantitative estimate of drug-likeness (QED) is 0.779. The van der Waals surface area contributed by atoms with Crippen molar-refractivity contribution in [3.05, 3.63) is 31.7 Å². The zero-order chi connectivity index (χ0) is 13.1. The zero-order valence-corrected chi connectivity index (χ0v) is 12.6. The molecule has 0 atom stereocenters. The summed E-state index contributed by atoms with van der Waals surface area (Å²) in [6.45, 7) is 0.797. The fraction of sp³-hybridized carbons (Fsp3) is 0.182. The standard InChI is InChI=1S/C11H12BrN3OS2/c12-8-2-1-6(17-8)3-4-15-9-5-7(13)10(18-9)11(14)16/h1-2,5,15H,3-4,13H2,(H2,14,16). The number of halogens is 1. The molecule has 2 rings (SSSR count). The molecule has 0 bridgehead atoms. The molecule has 96 valence electrons. The third-order valence-electron chi connectivity index (χ3n) is 2.28. The van der Waals surface area contributed by atoms with Crippen molar-refractivity contribution in [2.75, 3.05) is 17.6 Å². The van der Waals surface area contributed by atoms with Crippen LogP contribution < -0.4 is 16.8 Å². The van der Waals surface area contributed by atoms with E-state index in [1.54, 1.807) is 17.4 Å². The molecule has 0 aliphatic heterocycles. The van der Waals surface area contributed by atoms with Crippen LogP contribution in [-0.2, 0) is 6.42 Å². The lowest BCUT2D eigenvalue weighted by atomic mass is 10.3. The first-order chi connectivity index (χ1) is 8.56. The number of rotatable bonds is 5. The molecular formula is C11H12BrN3OS2. The molecule has 0 saturated carbocycles. The van der Waals surface area contributed by atoms with Crippen LogP contribution in [0.4, 0.5) is 10.7 Å². The molecule has 0 aliphatic carbocycles. The van der Waals surface area contributed by atoms with Gasteiger partial charge in [-0.1, -0.05) is 0 Å². The van der Waals surface area contributed by atoms with E-state index in [0.717, 1.165) is 21.8 Å². The Kier molecular flexibility index (Phi) is 4.26. The highest BCUT2D eigenvalue weighted by Crippen LogP contribution is 2.29. The Morgan fingerprint density at radius 2 is 2.17 bits per heavy atom. The first-order valence-corrected chi connectivity index (χ1v) is 7.66. The molecule has 1 amide bonds. The van der Waals surface area contributed by atoms with E-state index in [1.807, 2.05) is 6.07 Å². The van der Waals surface area contributed by atoms with Gasteiger partial charge in [0.1, 0.15) is 4.88 Å². The van der Waals surface area contributed by atoms with Crippen molar-refractivity contribution in [2.24, 2.45) is 5.73 Å². The Hall–Kier alpha value is -1.05. The van der Waals surface area contributed by atoms with Gasteiger partial charge >= 0.3 is 0 Å². The highest BCUT2D eigenvalue weighted by molar-refractivity contribution is 9.11. The SMILES string of the molecule is NC(=O)c1sc(NCCc2ccc(Br)s2)cc1N. The molecule has 18 heavy (non-hydrogen) atoms. The molecule has 0 fully saturated rings. The van der Waals surface area contributed by atoms with E-state index in [1.165, 1.54) is 16.2 Å². The molecule has 2 aromatic rings. The summed E-state index contributed by atoms with van der Waals surface area (Å²) >= 11 is 6.44. The third kappa shape index (κ3) is 3.24. The van der Waals surface area contributed by atoms with Crippen molar-refractivity contribution in [3.8, 4) is 0 Å². The van der Waals surface area contributed by atoms with Crippen molar-refractivity contribution in [2.45, 2.75) is 6.42 Å². The number of hydrogen-bond acceptors (Lipinski definition) is 5. The van der Waals surface area contributed by atoms with Gasteiger partial charge in [-0.25, -0.2) is 0 Å². The molecule has 0 saturated heterocycles. The maximum Gasteiger partial charge on any atom is 0.260 e. The van der Waals surface area contributed by atoms with Gasteiger partial charge in [-0.05, 0) is 40.5 Å². The maximum atomic E-state index is 11.1. The van der Waals surface area contributed by atoms with Gasteiger partial charge < -0.3 is 16.8 Å². The number of nitrogens with two attached hydrogens (primary N) is 2. The Bertz CT molecular complexity index is 564. The van der Waals surface area contributed by atoms with Gasteiger partial charge in [0.25, 0.3) is 5.91 Å². The Morgan fingerprint density at radius 3 is 2.72 bits per heavy atom. The van der Waals surface area contributed by atoms with E-state index < -0.39 is 5.91 Å². The molecular weight excluding hydrogens is 334 g/mol. The zero-order valence-electron chi connectivity index (χ0n) is 9.40. The highest BCUT2D eigenvalue weighted by atomic mass is 79.9. The maximum absolute atomic E-state index is 11.1. The van der Waals surface area contributed by atoms with E-state index >= 15 is 0 Å². The summed E-state index contributed by atoms with van der Waals surface area (Å²) < 4.78 is 1.13. The summed E-state index contributed by atoms with van der Waals surface area (Å²) in [5, 5.41) is 4.11. The van der Waals surface area contributed by atoms with Crippen molar-refractivity contribution in [3.63, 3.8) is 0 Å². The Balaban J connectivity index is 1.90. The summed E-state index contributed by atoms with van der Waals surface area (Å²) in [7, 11) is 0. The van der Waals surface area contributed by atoms with Crippen LogP contribution in [0.5, 0.6) is 0 Å². The number of nitrogens with one attached hydrogen (secondary N) is 1. The van der Waals surface area contributed by atoms with Crippen molar-refractivity contribution < 1.29 is 4.79 Å². The smallest absolute Gasteiger partial charge is 0.260 e. The third-order valence-corrected chi connectivity index (χ3v) is 5.09. The van der Waals surface area contributed by atoms with Gasteiger partial charge in [-0.15, -0.1) is 22.7 Å². The highest BCUT2D eigenvalue weighted by Gasteiger charge is 2.10. The van der Waals surface area contributed by atoms with Crippen molar-refractivity contribution in [1.29, 1.82) is 0 Å². The number of amides is 1. The molecule has 0 spiro atoms. The van der Waals surface area contributed by atoms with Crippen LogP contribution in [0.1, 0.15) is 14.5 Å². The second-order valence-corrected chi connectivity index (χ2v) is 7.24. The molecule has 0 aliphatic rings. The molecule has 0 radical (unpaired) electrons. The molecule has 2 heterocycles. The minimum Gasteiger partial charge on any atom is -0.397 e. The number of carbonyl (C=O) groups excluding carboxylic acids is 1. The van der Waals surface area contributed by atoms with Gasteiger partial charge in [-0.3, -0.25) is 4.79 Å². The molecule has 4 nitrogen and oxygen atoms in total. The first-order valence-electron chi connectivity index (χ1n) is 5.23. The van der Waals surface area contributed by atoms with E-state index in [0.29, 0.717) is 10.6 Å². The predicted octanol–water partition coefficient (Wildman–Crippen LogP) is 2.91. The summed E-state index contributed by atoms with van der Waals surface area (Å²) in [4.78, 5) is 12.8. The van der Waals surface area contributed by atoms with Crippen LogP contribution >= 0.6 is 38.6 Å². The lowest BCUT2D eigenvalue weighted by molar-refractivity contribution is 0.100. The van der Waals surface area contributed by atoms with Crippen molar-refractivity contribution >= 4 is 55.2 Å². The summed E-state index contributed by atoms with van der Waals surface area (Å²) in [6.07, 6.45) is 0.931. The molecule has 2 aromatic heterocycles. The Labute approximate surface area is 121 Å². The number of anilines is 2. The molecule has 0 unspecified atom stereocenters. The number of hydrogen-bond donors (Lipinski definition) is 3. The summed E-state index contributed by atoms with van der Waals surface area (Å²) in [5.41, 5.74) is 11.3. The van der Waals surface area contributed by atoms with Gasteiger partial charge in [-0.2, -0.15) is 0 Å². The normalized spacial score (nSPS) is 10.5. The fourth-order valence-corrected chi connectivity index (χ4v) is 3.82. The van der Waals surface area contributed by atoms with Crippen LogP contribution in [0.3, 0.4) is 0 Å².